The van der Waals surface area contributed by atoms with E-state index in [0.29, 0.717) is 5.92 Å². The van der Waals surface area contributed by atoms with E-state index >= 15 is 0 Å². The summed E-state index contributed by atoms with van der Waals surface area (Å²) in [7, 11) is -1.10. The zero-order valence-electron chi connectivity index (χ0n) is 7.78. The maximum absolute atomic E-state index is 3.36. The van der Waals surface area contributed by atoms with Gasteiger partial charge in [0, 0.05) is 5.92 Å². The quantitative estimate of drug-likeness (QED) is 0.402. The van der Waals surface area contributed by atoms with Crippen LogP contribution in [0.15, 0.2) is 0 Å². The lowest BCUT2D eigenvalue weighted by atomic mass is 10.1. The number of hydrogen-bond donors (Lipinski definition) is 0. The average Bonchev–Trinajstić information content (AvgIpc) is 1.81. The van der Waals surface area contributed by atoms with Crippen LogP contribution in [-0.2, 0) is 0 Å². The molecule has 0 fully saturated rings. The summed E-state index contributed by atoms with van der Waals surface area (Å²) in [6.07, 6.45) is 1.18. The molecule has 0 saturated carbocycles. The Morgan fingerprint density at radius 2 is 1.80 bits per heavy atom. The third kappa shape index (κ3) is 5.91. The monoisotopic (exact) mass is 154 g/mol. The minimum atomic E-state index is -1.10. The van der Waals surface area contributed by atoms with Crippen LogP contribution in [-0.4, -0.2) is 8.07 Å². The van der Waals surface area contributed by atoms with Gasteiger partial charge >= 0.3 is 0 Å². The minimum absolute atomic E-state index is 0.590. The van der Waals surface area contributed by atoms with Crippen molar-refractivity contribution < 1.29 is 0 Å². The van der Waals surface area contributed by atoms with Crippen LogP contribution in [0.5, 0.6) is 0 Å². The van der Waals surface area contributed by atoms with Crippen molar-refractivity contribution in [2.75, 3.05) is 0 Å². The molecule has 1 unspecified atom stereocenters. The molecule has 0 heterocycles. The third-order valence-corrected chi connectivity index (χ3v) is 2.20. The van der Waals surface area contributed by atoms with E-state index in [4.69, 9.17) is 0 Å². The first-order chi connectivity index (χ1) is 4.45. The van der Waals surface area contributed by atoms with E-state index < -0.39 is 8.07 Å². The van der Waals surface area contributed by atoms with Crippen LogP contribution in [0, 0.1) is 17.4 Å². The van der Waals surface area contributed by atoms with Gasteiger partial charge in [0.1, 0.15) is 8.07 Å². The summed E-state index contributed by atoms with van der Waals surface area (Å²) in [4.78, 5) is 0. The van der Waals surface area contributed by atoms with Crippen LogP contribution in [0.3, 0.4) is 0 Å². The maximum atomic E-state index is 3.36. The summed E-state index contributed by atoms with van der Waals surface area (Å²) in [6.45, 7) is 11.2. The first-order valence-corrected chi connectivity index (χ1v) is 7.48. The summed E-state index contributed by atoms with van der Waals surface area (Å²) in [6, 6.07) is 0. The lowest BCUT2D eigenvalue weighted by molar-refractivity contribution is 0.724. The second-order valence-electron chi connectivity index (χ2n) is 3.83. The Labute approximate surface area is 66.0 Å². The van der Waals surface area contributed by atoms with Crippen molar-refractivity contribution in [1.82, 2.24) is 0 Å². The smallest absolute Gasteiger partial charge is 0.129 e. The normalized spacial score (nSPS) is 13.7. The van der Waals surface area contributed by atoms with Crippen LogP contribution in [0.25, 0.3) is 0 Å². The molecule has 0 rings (SSSR count). The highest BCUT2D eigenvalue weighted by atomic mass is 28.3. The highest BCUT2D eigenvalue weighted by molar-refractivity contribution is 6.83. The Balaban J connectivity index is 3.91. The summed E-state index contributed by atoms with van der Waals surface area (Å²) in [5.74, 6) is 3.87. The van der Waals surface area contributed by atoms with E-state index in [2.05, 4.69) is 45.0 Å². The molecule has 0 aromatic heterocycles. The van der Waals surface area contributed by atoms with Gasteiger partial charge in [-0.05, 0) is 6.42 Å². The lowest BCUT2D eigenvalue weighted by Crippen LogP contribution is -2.16. The molecule has 1 atom stereocenters. The van der Waals surface area contributed by atoms with Crippen molar-refractivity contribution in [2.45, 2.75) is 39.9 Å². The fourth-order valence-corrected chi connectivity index (χ4v) is 1.12. The molecule has 0 nitrogen and oxygen atoms in total. The Bertz CT molecular complexity index is 142. The molecule has 0 N–H and O–H groups in total. The number of hydrogen-bond acceptors (Lipinski definition) is 0. The highest BCUT2D eigenvalue weighted by Crippen LogP contribution is 2.01. The average molecular weight is 154 g/mol. The molecule has 0 radical (unpaired) electrons. The van der Waals surface area contributed by atoms with Crippen molar-refractivity contribution in [2.24, 2.45) is 5.92 Å². The van der Waals surface area contributed by atoms with Crippen LogP contribution >= 0.6 is 0 Å². The Morgan fingerprint density at radius 1 is 1.30 bits per heavy atom. The van der Waals surface area contributed by atoms with Crippen molar-refractivity contribution in [3.8, 4) is 11.5 Å². The molecule has 0 saturated heterocycles. The van der Waals surface area contributed by atoms with Gasteiger partial charge in [-0.3, -0.25) is 0 Å². The van der Waals surface area contributed by atoms with Gasteiger partial charge in [0.05, 0.1) is 0 Å². The highest BCUT2D eigenvalue weighted by Gasteiger charge is 2.07. The van der Waals surface area contributed by atoms with Crippen molar-refractivity contribution in [3.05, 3.63) is 0 Å². The van der Waals surface area contributed by atoms with E-state index in [9.17, 15) is 0 Å². The molecule has 0 aliphatic heterocycles. The molecule has 0 aromatic carbocycles. The molecule has 1 heteroatoms. The van der Waals surface area contributed by atoms with Crippen molar-refractivity contribution in [3.63, 3.8) is 0 Å². The van der Waals surface area contributed by atoms with Gasteiger partial charge in [0.2, 0.25) is 0 Å². The molecule has 0 aromatic rings. The van der Waals surface area contributed by atoms with Gasteiger partial charge in [0.25, 0.3) is 0 Å². The molecule has 10 heavy (non-hydrogen) atoms. The first kappa shape index (κ1) is 9.78. The third-order valence-electron chi connectivity index (χ3n) is 1.31. The maximum Gasteiger partial charge on any atom is 0.129 e. The van der Waals surface area contributed by atoms with Crippen LogP contribution in [0.4, 0.5) is 0 Å². The summed E-state index contributed by atoms with van der Waals surface area (Å²) in [5, 5.41) is 0. The zero-order chi connectivity index (χ0) is 8.20. The molecule has 0 bridgehead atoms. The van der Waals surface area contributed by atoms with E-state index in [1.807, 2.05) is 0 Å². The van der Waals surface area contributed by atoms with Crippen molar-refractivity contribution >= 4 is 8.07 Å². The van der Waals surface area contributed by atoms with E-state index in [0.717, 1.165) is 0 Å². The Hall–Kier alpha value is -0.223. The molecule has 0 aliphatic carbocycles. The molecular formula is C9H18Si. The van der Waals surface area contributed by atoms with Gasteiger partial charge in [-0.15, -0.1) is 11.5 Å². The zero-order valence-corrected chi connectivity index (χ0v) is 8.78. The molecular weight excluding hydrogens is 136 g/mol. The second-order valence-corrected chi connectivity index (χ2v) is 8.58. The van der Waals surface area contributed by atoms with Gasteiger partial charge in [-0.1, -0.05) is 33.5 Å². The fraction of sp³-hybridized carbons (Fsp3) is 0.778. The van der Waals surface area contributed by atoms with E-state index in [-0.39, 0.29) is 0 Å². The first-order valence-electron chi connectivity index (χ1n) is 3.98. The van der Waals surface area contributed by atoms with Crippen LogP contribution in [0.1, 0.15) is 20.3 Å². The largest absolute Gasteiger partial charge is 0.132 e. The van der Waals surface area contributed by atoms with Gasteiger partial charge < -0.3 is 0 Å². The molecule has 0 spiro atoms. The predicted octanol–water partition coefficient (Wildman–Crippen LogP) is 2.91. The van der Waals surface area contributed by atoms with Crippen LogP contribution in [0.2, 0.25) is 19.6 Å². The molecule has 0 amide bonds. The predicted molar refractivity (Wildman–Crippen MR) is 50.6 cm³/mol. The standard InChI is InChI=1S/C9H18Si/c1-6-9(2)7-8-10(3,4)5/h9H,6H2,1-5H3. The minimum Gasteiger partial charge on any atom is -0.132 e. The SMILES string of the molecule is CCC(C)C#C[Si](C)(C)C. The van der Waals surface area contributed by atoms with Crippen LogP contribution < -0.4 is 0 Å². The van der Waals surface area contributed by atoms with Gasteiger partial charge in [0.15, 0.2) is 0 Å². The van der Waals surface area contributed by atoms with E-state index in [1.165, 1.54) is 6.42 Å². The van der Waals surface area contributed by atoms with Crippen molar-refractivity contribution in [1.29, 1.82) is 0 Å². The fourth-order valence-electron chi connectivity index (χ4n) is 0.442. The summed E-state index contributed by atoms with van der Waals surface area (Å²) >= 11 is 0. The van der Waals surface area contributed by atoms with E-state index in [1.54, 1.807) is 0 Å². The van der Waals surface area contributed by atoms with Gasteiger partial charge in [-0.25, -0.2) is 0 Å². The number of rotatable bonds is 1. The molecule has 58 valence electrons. The Morgan fingerprint density at radius 3 is 2.10 bits per heavy atom. The molecule has 0 aliphatic rings. The Kier molecular flexibility index (Phi) is 3.74. The summed E-state index contributed by atoms with van der Waals surface area (Å²) in [5.41, 5.74) is 3.36. The van der Waals surface area contributed by atoms with Gasteiger partial charge in [-0.2, -0.15) is 0 Å². The lowest BCUT2D eigenvalue weighted by Gasteiger charge is -2.04. The second kappa shape index (κ2) is 3.83. The summed E-state index contributed by atoms with van der Waals surface area (Å²) < 4.78 is 0. The topological polar surface area (TPSA) is 0 Å².